The third kappa shape index (κ3) is 6.12. The highest BCUT2D eigenvalue weighted by molar-refractivity contribution is 5.96. The van der Waals surface area contributed by atoms with E-state index in [1.54, 1.807) is 12.1 Å². The van der Waals surface area contributed by atoms with Crippen molar-refractivity contribution in [3.8, 4) is 5.75 Å². The quantitative estimate of drug-likeness (QED) is 0.572. The van der Waals surface area contributed by atoms with Crippen LogP contribution in [0.15, 0.2) is 42.5 Å². The number of nitrogens with zero attached hydrogens (tertiary/aromatic N) is 1. The Morgan fingerprint density at radius 3 is 2.56 bits per heavy atom. The summed E-state index contributed by atoms with van der Waals surface area (Å²) in [6.45, 7) is 4.07. The number of benzene rings is 2. The summed E-state index contributed by atoms with van der Waals surface area (Å²) in [5.41, 5.74) is 8.89. The number of hydrogen-bond acceptors (Lipinski definition) is 4. The molecule has 5 heteroatoms. The molecule has 0 fully saturated rings. The zero-order chi connectivity index (χ0) is 18.2. The van der Waals surface area contributed by atoms with Crippen LogP contribution in [-0.4, -0.2) is 38.1 Å². The molecule has 0 aliphatic carbocycles. The second-order valence-corrected chi connectivity index (χ2v) is 6.41. The zero-order valence-corrected chi connectivity index (χ0v) is 15.2. The lowest BCUT2D eigenvalue weighted by atomic mass is 10.1. The van der Waals surface area contributed by atoms with E-state index >= 15 is 0 Å². The molecule has 0 spiro atoms. The van der Waals surface area contributed by atoms with Gasteiger partial charge in [0.05, 0.1) is 6.61 Å². The molecule has 2 aromatic carbocycles. The van der Waals surface area contributed by atoms with Gasteiger partial charge >= 0.3 is 0 Å². The van der Waals surface area contributed by atoms with Gasteiger partial charge in [0.2, 0.25) is 0 Å². The van der Waals surface area contributed by atoms with E-state index in [1.165, 1.54) is 0 Å². The molecule has 2 aromatic rings. The Morgan fingerprint density at radius 2 is 1.88 bits per heavy atom. The minimum absolute atomic E-state index is 0.117. The van der Waals surface area contributed by atoms with Crippen LogP contribution < -0.4 is 15.8 Å². The number of carbonyl (C=O) groups is 1. The minimum atomic E-state index is -0.117. The number of anilines is 1. The number of carbonyl (C=O) groups excluding carboxylic acids is 1. The summed E-state index contributed by atoms with van der Waals surface area (Å²) in [6, 6.07) is 13.2. The van der Waals surface area contributed by atoms with Gasteiger partial charge in [-0.25, -0.2) is 0 Å². The lowest BCUT2D eigenvalue weighted by Crippen LogP contribution is -2.23. The molecule has 0 bridgehead atoms. The summed E-state index contributed by atoms with van der Waals surface area (Å²) in [5, 5.41) is 2.93. The maximum absolute atomic E-state index is 12.3. The Labute approximate surface area is 149 Å². The predicted octanol–water partition coefficient (Wildman–Crippen LogP) is 2.84. The molecular formula is C20H27N3O2. The van der Waals surface area contributed by atoms with Crippen LogP contribution in [0.3, 0.4) is 0 Å². The van der Waals surface area contributed by atoms with Crippen LogP contribution in [0.2, 0.25) is 0 Å². The Morgan fingerprint density at radius 1 is 1.16 bits per heavy atom. The molecule has 134 valence electrons. The van der Waals surface area contributed by atoms with Gasteiger partial charge in [-0.2, -0.15) is 0 Å². The van der Waals surface area contributed by atoms with Crippen molar-refractivity contribution in [2.45, 2.75) is 19.9 Å². The molecular weight excluding hydrogens is 314 g/mol. The van der Waals surface area contributed by atoms with Gasteiger partial charge in [0, 0.05) is 24.3 Å². The third-order valence-electron chi connectivity index (χ3n) is 3.90. The van der Waals surface area contributed by atoms with Gasteiger partial charge in [-0.05, 0) is 62.8 Å². The Bertz CT molecular complexity index is 697. The fourth-order valence-electron chi connectivity index (χ4n) is 2.44. The van der Waals surface area contributed by atoms with Crippen LogP contribution in [0, 0.1) is 6.92 Å². The average molecular weight is 341 g/mol. The van der Waals surface area contributed by atoms with Crippen LogP contribution in [0.5, 0.6) is 5.75 Å². The number of ether oxygens (including phenoxy) is 1. The van der Waals surface area contributed by atoms with E-state index in [0.29, 0.717) is 24.4 Å². The molecule has 0 saturated carbocycles. The molecule has 0 aliphatic heterocycles. The lowest BCUT2D eigenvalue weighted by molar-refractivity contribution is 0.0950. The Hall–Kier alpha value is -2.53. The van der Waals surface area contributed by atoms with E-state index in [0.717, 1.165) is 29.8 Å². The van der Waals surface area contributed by atoms with Crippen LogP contribution in [0.1, 0.15) is 27.9 Å². The van der Waals surface area contributed by atoms with Crippen molar-refractivity contribution in [3.05, 3.63) is 59.2 Å². The monoisotopic (exact) mass is 341 g/mol. The fourth-order valence-corrected chi connectivity index (χ4v) is 2.44. The molecule has 5 nitrogen and oxygen atoms in total. The van der Waals surface area contributed by atoms with E-state index in [-0.39, 0.29) is 5.91 Å². The fraction of sp³-hybridized carbons (Fsp3) is 0.350. The first kappa shape index (κ1) is 18.8. The van der Waals surface area contributed by atoms with E-state index in [4.69, 9.17) is 10.5 Å². The number of rotatable bonds is 8. The predicted molar refractivity (Wildman–Crippen MR) is 102 cm³/mol. The maximum Gasteiger partial charge on any atom is 0.251 e. The number of nitrogen functional groups attached to an aromatic ring is 1. The molecule has 0 saturated heterocycles. The molecule has 0 radical (unpaired) electrons. The molecule has 0 atom stereocenters. The van der Waals surface area contributed by atoms with E-state index in [1.807, 2.05) is 51.4 Å². The Kier molecular flexibility index (Phi) is 6.83. The van der Waals surface area contributed by atoms with Gasteiger partial charge < -0.3 is 20.7 Å². The normalized spacial score (nSPS) is 10.7. The van der Waals surface area contributed by atoms with E-state index in [2.05, 4.69) is 10.2 Å². The van der Waals surface area contributed by atoms with Crippen molar-refractivity contribution in [3.63, 3.8) is 0 Å². The summed E-state index contributed by atoms with van der Waals surface area (Å²) in [7, 11) is 4.10. The lowest BCUT2D eigenvalue weighted by Gasteiger charge is -2.11. The molecule has 0 aliphatic rings. The van der Waals surface area contributed by atoms with Gasteiger partial charge in [0.1, 0.15) is 5.75 Å². The summed E-state index contributed by atoms with van der Waals surface area (Å²) in [6.07, 6.45) is 0.990. The third-order valence-corrected chi connectivity index (χ3v) is 3.90. The molecule has 0 unspecified atom stereocenters. The number of nitrogens with one attached hydrogen (secondary N) is 1. The smallest absolute Gasteiger partial charge is 0.251 e. The topological polar surface area (TPSA) is 67.6 Å². The van der Waals surface area contributed by atoms with Gasteiger partial charge in [-0.3, -0.25) is 4.79 Å². The average Bonchev–Trinajstić information content (AvgIpc) is 2.59. The molecule has 1 amide bonds. The van der Waals surface area contributed by atoms with Crippen LogP contribution in [0.25, 0.3) is 0 Å². The van der Waals surface area contributed by atoms with Crippen molar-refractivity contribution in [2.24, 2.45) is 0 Å². The highest BCUT2D eigenvalue weighted by Crippen LogP contribution is 2.14. The van der Waals surface area contributed by atoms with Crippen molar-refractivity contribution in [2.75, 3.05) is 33.0 Å². The van der Waals surface area contributed by atoms with Crippen molar-refractivity contribution in [1.29, 1.82) is 0 Å². The Balaban J connectivity index is 1.83. The highest BCUT2D eigenvalue weighted by atomic mass is 16.5. The number of nitrogens with two attached hydrogens (primary N) is 1. The minimum Gasteiger partial charge on any atom is -0.494 e. The summed E-state index contributed by atoms with van der Waals surface area (Å²) in [5.74, 6) is 0.731. The molecule has 0 heterocycles. The van der Waals surface area contributed by atoms with Gasteiger partial charge in [-0.15, -0.1) is 0 Å². The van der Waals surface area contributed by atoms with Gasteiger partial charge in [0.25, 0.3) is 5.91 Å². The second kappa shape index (κ2) is 9.08. The molecule has 3 N–H and O–H groups in total. The first-order chi connectivity index (χ1) is 12.0. The van der Waals surface area contributed by atoms with E-state index in [9.17, 15) is 4.79 Å². The number of aryl methyl sites for hydroxylation is 1. The van der Waals surface area contributed by atoms with Crippen LogP contribution in [0.4, 0.5) is 5.69 Å². The summed E-state index contributed by atoms with van der Waals surface area (Å²) < 4.78 is 5.71. The van der Waals surface area contributed by atoms with Crippen LogP contribution in [-0.2, 0) is 6.54 Å². The summed E-state index contributed by atoms with van der Waals surface area (Å²) in [4.78, 5) is 14.4. The zero-order valence-electron chi connectivity index (χ0n) is 15.2. The van der Waals surface area contributed by atoms with Crippen molar-refractivity contribution >= 4 is 11.6 Å². The van der Waals surface area contributed by atoms with Crippen molar-refractivity contribution in [1.82, 2.24) is 10.2 Å². The SMILES string of the molecule is Cc1ccc(N)cc1C(=O)NCc1ccc(OCCCN(C)C)cc1. The van der Waals surface area contributed by atoms with Crippen molar-refractivity contribution < 1.29 is 9.53 Å². The van der Waals surface area contributed by atoms with E-state index < -0.39 is 0 Å². The largest absolute Gasteiger partial charge is 0.494 e. The van der Waals surface area contributed by atoms with Crippen LogP contribution >= 0.6 is 0 Å². The summed E-state index contributed by atoms with van der Waals surface area (Å²) >= 11 is 0. The molecule has 2 rings (SSSR count). The highest BCUT2D eigenvalue weighted by Gasteiger charge is 2.09. The number of hydrogen-bond donors (Lipinski definition) is 2. The molecule has 25 heavy (non-hydrogen) atoms. The molecule has 0 aromatic heterocycles. The first-order valence-electron chi connectivity index (χ1n) is 8.46. The number of amides is 1. The standard InChI is InChI=1S/C20H27N3O2/c1-15-5-8-17(21)13-19(15)20(24)22-14-16-6-9-18(10-7-16)25-12-4-11-23(2)3/h5-10,13H,4,11-12,14,21H2,1-3H3,(H,22,24). The maximum atomic E-state index is 12.3. The van der Waals surface area contributed by atoms with Gasteiger partial charge in [-0.1, -0.05) is 18.2 Å². The first-order valence-corrected chi connectivity index (χ1v) is 8.46. The second-order valence-electron chi connectivity index (χ2n) is 6.41. The van der Waals surface area contributed by atoms with Gasteiger partial charge in [0.15, 0.2) is 0 Å².